The van der Waals surface area contributed by atoms with Crippen molar-refractivity contribution in [1.82, 2.24) is 5.32 Å². The van der Waals surface area contributed by atoms with Gasteiger partial charge in [0.2, 0.25) is 5.91 Å². The molecule has 0 aliphatic rings. The molecule has 0 saturated heterocycles. The van der Waals surface area contributed by atoms with E-state index in [4.69, 9.17) is 20.0 Å². The molecule has 1 amide bonds. The molecule has 7 nitrogen and oxygen atoms in total. The Bertz CT molecular complexity index is 405. The number of ether oxygens (including phenoxy) is 1. The quantitative estimate of drug-likeness (QED) is 0.539. The molecule has 0 spiro atoms. The maximum absolute atomic E-state index is 11.5. The van der Waals surface area contributed by atoms with E-state index in [-0.39, 0.29) is 18.7 Å². The predicted octanol–water partition coefficient (Wildman–Crippen LogP) is 0.495. The zero-order valence-electron chi connectivity index (χ0n) is 11.2. The third-order valence-corrected chi connectivity index (χ3v) is 2.60. The molecule has 1 heterocycles. The first-order valence-electron chi connectivity index (χ1n) is 6.45. The minimum absolute atomic E-state index is 0.110. The smallest absolute Gasteiger partial charge is 0.303 e. The summed E-state index contributed by atoms with van der Waals surface area (Å²) in [7, 11) is 0. The number of aliphatic carboxylic acids is 1. The van der Waals surface area contributed by atoms with Crippen LogP contribution in [0.15, 0.2) is 22.8 Å². The SMILES string of the molecule is NC(CCC(=O)O)C(=O)NCCCOCc1ccco1. The van der Waals surface area contributed by atoms with Gasteiger partial charge in [-0.1, -0.05) is 0 Å². The van der Waals surface area contributed by atoms with Crippen LogP contribution in [0.25, 0.3) is 0 Å². The van der Waals surface area contributed by atoms with Crippen molar-refractivity contribution in [2.24, 2.45) is 5.73 Å². The maximum atomic E-state index is 11.5. The molecule has 1 unspecified atom stereocenters. The number of carbonyl (C=O) groups is 2. The summed E-state index contributed by atoms with van der Waals surface area (Å²) in [6.07, 6.45) is 2.26. The highest BCUT2D eigenvalue weighted by molar-refractivity contribution is 5.82. The molecule has 0 aliphatic heterocycles. The Hall–Kier alpha value is -1.86. The second-order valence-electron chi connectivity index (χ2n) is 4.32. The number of carboxylic acids is 1. The molecule has 0 bridgehead atoms. The molecule has 1 aromatic heterocycles. The van der Waals surface area contributed by atoms with E-state index in [1.807, 2.05) is 6.07 Å². The summed E-state index contributed by atoms with van der Waals surface area (Å²) >= 11 is 0. The highest BCUT2D eigenvalue weighted by Gasteiger charge is 2.13. The van der Waals surface area contributed by atoms with E-state index in [1.54, 1.807) is 12.3 Å². The molecule has 112 valence electrons. The first kappa shape index (κ1) is 16.2. The fraction of sp³-hybridized carbons (Fsp3) is 0.538. The summed E-state index contributed by atoms with van der Waals surface area (Å²) in [5.74, 6) is -0.540. The summed E-state index contributed by atoms with van der Waals surface area (Å²) in [6, 6.07) is 2.83. The Kier molecular flexibility index (Phi) is 7.38. The molecule has 1 rings (SSSR count). The van der Waals surface area contributed by atoms with Crippen LogP contribution in [0.5, 0.6) is 0 Å². The Morgan fingerprint density at radius 1 is 1.50 bits per heavy atom. The van der Waals surface area contributed by atoms with Crippen LogP contribution in [0.2, 0.25) is 0 Å². The van der Waals surface area contributed by atoms with Crippen molar-refractivity contribution in [2.75, 3.05) is 13.2 Å². The summed E-state index contributed by atoms with van der Waals surface area (Å²) < 4.78 is 10.4. The molecule has 7 heteroatoms. The van der Waals surface area contributed by atoms with Gasteiger partial charge in [-0.2, -0.15) is 0 Å². The zero-order chi connectivity index (χ0) is 14.8. The van der Waals surface area contributed by atoms with Gasteiger partial charge in [0.1, 0.15) is 12.4 Å². The number of amides is 1. The molecule has 0 fully saturated rings. The second-order valence-corrected chi connectivity index (χ2v) is 4.32. The van der Waals surface area contributed by atoms with E-state index in [2.05, 4.69) is 5.32 Å². The van der Waals surface area contributed by atoms with E-state index < -0.39 is 12.0 Å². The fourth-order valence-electron chi connectivity index (χ4n) is 1.49. The van der Waals surface area contributed by atoms with Crippen molar-refractivity contribution in [1.29, 1.82) is 0 Å². The fourth-order valence-corrected chi connectivity index (χ4v) is 1.49. The van der Waals surface area contributed by atoms with Gasteiger partial charge in [-0.15, -0.1) is 0 Å². The molecular weight excluding hydrogens is 264 g/mol. The Morgan fingerprint density at radius 2 is 2.30 bits per heavy atom. The molecule has 20 heavy (non-hydrogen) atoms. The number of carboxylic acid groups (broad SMARTS) is 1. The first-order chi connectivity index (χ1) is 9.59. The summed E-state index contributed by atoms with van der Waals surface area (Å²) in [5.41, 5.74) is 5.55. The summed E-state index contributed by atoms with van der Waals surface area (Å²) in [4.78, 5) is 21.8. The van der Waals surface area contributed by atoms with Gasteiger partial charge in [-0.3, -0.25) is 9.59 Å². The molecular formula is C13H20N2O5. The third-order valence-electron chi connectivity index (χ3n) is 2.60. The lowest BCUT2D eigenvalue weighted by Crippen LogP contribution is -2.41. The van der Waals surface area contributed by atoms with Crippen LogP contribution < -0.4 is 11.1 Å². The van der Waals surface area contributed by atoms with E-state index in [9.17, 15) is 9.59 Å². The standard InChI is InChI=1S/C13H20N2O5/c14-11(4-5-12(16)17)13(18)15-6-2-7-19-9-10-3-1-8-20-10/h1,3,8,11H,2,4-7,9,14H2,(H,15,18)(H,16,17). The van der Waals surface area contributed by atoms with Crippen LogP contribution >= 0.6 is 0 Å². The zero-order valence-corrected chi connectivity index (χ0v) is 11.2. The van der Waals surface area contributed by atoms with Crippen LogP contribution in [-0.2, 0) is 20.9 Å². The van der Waals surface area contributed by atoms with Gasteiger partial charge < -0.3 is 25.3 Å². The minimum Gasteiger partial charge on any atom is -0.481 e. The van der Waals surface area contributed by atoms with Crippen molar-refractivity contribution in [3.05, 3.63) is 24.2 Å². The van der Waals surface area contributed by atoms with Crippen molar-refractivity contribution in [2.45, 2.75) is 31.9 Å². The van der Waals surface area contributed by atoms with E-state index in [1.165, 1.54) is 0 Å². The lowest BCUT2D eigenvalue weighted by Gasteiger charge is -2.11. The minimum atomic E-state index is -0.959. The van der Waals surface area contributed by atoms with Gasteiger partial charge in [-0.05, 0) is 25.0 Å². The predicted molar refractivity (Wildman–Crippen MR) is 70.8 cm³/mol. The third kappa shape index (κ3) is 6.91. The Balaban J connectivity index is 1.99. The number of hydrogen-bond donors (Lipinski definition) is 3. The lowest BCUT2D eigenvalue weighted by atomic mass is 10.1. The monoisotopic (exact) mass is 284 g/mol. The number of rotatable bonds is 10. The number of nitrogens with one attached hydrogen (secondary N) is 1. The van der Waals surface area contributed by atoms with Gasteiger partial charge in [0.25, 0.3) is 0 Å². The van der Waals surface area contributed by atoms with Crippen molar-refractivity contribution in [3.8, 4) is 0 Å². The molecule has 1 aromatic rings. The number of furan rings is 1. The van der Waals surface area contributed by atoms with Gasteiger partial charge >= 0.3 is 5.97 Å². The summed E-state index contributed by atoms with van der Waals surface area (Å²) in [5, 5.41) is 11.1. The van der Waals surface area contributed by atoms with E-state index in [0.717, 1.165) is 5.76 Å². The van der Waals surface area contributed by atoms with Crippen LogP contribution in [-0.4, -0.2) is 36.2 Å². The average Bonchev–Trinajstić information content (AvgIpc) is 2.92. The first-order valence-corrected chi connectivity index (χ1v) is 6.45. The van der Waals surface area contributed by atoms with Crippen LogP contribution in [0.4, 0.5) is 0 Å². The number of nitrogens with two attached hydrogens (primary N) is 1. The van der Waals surface area contributed by atoms with Crippen molar-refractivity contribution in [3.63, 3.8) is 0 Å². The van der Waals surface area contributed by atoms with E-state index >= 15 is 0 Å². The Labute approximate surface area is 117 Å². The van der Waals surface area contributed by atoms with Gasteiger partial charge in [-0.25, -0.2) is 0 Å². The van der Waals surface area contributed by atoms with Crippen molar-refractivity contribution < 1.29 is 23.8 Å². The molecule has 0 radical (unpaired) electrons. The topological polar surface area (TPSA) is 115 Å². The van der Waals surface area contributed by atoms with Crippen molar-refractivity contribution >= 4 is 11.9 Å². The largest absolute Gasteiger partial charge is 0.481 e. The average molecular weight is 284 g/mol. The molecule has 4 N–H and O–H groups in total. The molecule has 1 atom stereocenters. The lowest BCUT2D eigenvalue weighted by molar-refractivity contribution is -0.137. The van der Waals surface area contributed by atoms with Gasteiger partial charge in [0.05, 0.1) is 12.3 Å². The van der Waals surface area contributed by atoms with Crippen LogP contribution in [0.1, 0.15) is 25.0 Å². The molecule has 0 saturated carbocycles. The van der Waals surface area contributed by atoms with Crippen LogP contribution in [0.3, 0.4) is 0 Å². The number of hydrogen-bond acceptors (Lipinski definition) is 5. The molecule has 0 aromatic carbocycles. The van der Waals surface area contributed by atoms with E-state index in [0.29, 0.717) is 26.2 Å². The maximum Gasteiger partial charge on any atom is 0.303 e. The van der Waals surface area contributed by atoms with Gasteiger partial charge in [0.15, 0.2) is 0 Å². The highest BCUT2D eigenvalue weighted by Crippen LogP contribution is 2.01. The van der Waals surface area contributed by atoms with Crippen LogP contribution in [0, 0.1) is 0 Å². The highest BCUT2D eigenvalue weighted by atomic mass is 16.5. The summed E-state index contributed by atoms with van der Waals surface area (Å²) in [6.45, 7) is 1.34. The number of carbonyl (C=O) groups excluding carboxylic acids is 1. The normalized spacial score (nSPS) is 12.1. The Morgan fingerprint density at radius 3 is 2.95 bits per heavy atom. The van der Waals surface area contributed by atoms with Gasteiger partial charge in [0, 0.05) is 19.6 Å². The molecule has 0 aliphatic carbocycles. The second kappa shape index (κ2) is 9.11.